The fourth-order valence-electron chi connectivity index (χ4n) is 1.83. The van der Waals surface area contributed by atoms with Gasteiger partial charge in [-0.2, -0.15) is 0 Å². The molecule has 3 nitrogen and oxygen atoms in total. The van der Waals surface area contributed by atoms with Crippen molar-refractivity contribution in [3.63, 3.8) is 0 Å². The van der Waals surface area contributed by atoms with Crippen LogP contribution in [-0.4, -0.2) is 23.6 Å². The quantitative estimate of drug-likeness (QED) is 0.682. The summed E-state index contributed by atoms with van der Waals surface area (Å²) in [5.74, 6) is -0.138. The highest BCUT2D eigenvalue weighted by Crippen LogP contribution is 2.25. The molecule has 0 unspecified atom stereocenters. The molecule has 2 aromatic rings. The average Bonchev–Trinajstić information content (AvgIpc) is 2.49. The van der Waals surface area contributed by atoms with Crippen LogP contribution in [0.4, 0.5) is 10.1 Å². The molecule has 1 amide bonds. The zero-order valence-electron chi connectivity index (χ0n) is 11.8. The van der Waals surface area contributed by atoms with Crippen LogP contribution in [0.1, 0.15) is 5.56 Å². The Morgan fingerprint density at radius 1 is 1.24 bits per heavy atom. The van der Waals surface area contributed by atoms with Gasteiger partial charge in [0.25, 0.3) is 0 Å². The van der Waals surface area contributed by atoms with Crippen LogP contribution >= 0.6 is 11.8 Å². The van der Waals surface area contributed by atoms with Crippen molar-refractivity contribution in [3.8, 4) is 0 Å². The van der Waals surface area contributed by atoms with Gasteiger partial charge in [-0.15, -0.1) is 11.8 Å². The van der Waals surface area contributed by atoms with Gasteiger partial charge in [0.05, 0.1) is 5.75 Å². The van der Waals surface area contributed by atoms with Gasteiger partial charge in [0.1, 0.15) is 5.82 Å². The fourth-order valence-corrected chi connectivity index (χ4v) is 2.76. The highest BCUT2D eigenvalue weighted by atomic mass is 32.2. The molecule has 0 radical (unpaired) electrons. The number of carbonyl (C=O) groups is 1. The zero-order valence-corrected chi connectivity index (χ0v) is 12.6. The van der Waals surface area contributed by atoms with Crippen LogP contribution in [0.2, 0.25) is 0 Å². The van der Waals surface area contributed by atoms with E-state index in [0.29, 0.717) is 17.1 Å². The number of amides is 1. The maximum Gasteiger partial charge on any atom is 0.232 e. The van der Waals surface area contributed by atoms with Gasteiger partial charge in [-0.25, -0.2) is 4.39 Å². The molecule has 2 aromatic carbocycles. The number of carbonyl (C=O) groups excluding carboxylic acids is 1. The topological polar surface area (TPSA) is 46.3 Å². The molecule has 0 aromatic heterocycles. The standard InChI is InChI=1S/C16H17FN2OS/c1-19(10-12-5-3-2-4-6-12)16(20)11-21-15-9-13(17)7-8-14(15)18/h2-9H,10-11,18H2,1H3. The Bertz CT molecular complexity index is 619. The van der Waals surface area contributed by atoms with Crippen molar-refractivity contribution < 1.29 is 9.18 Å². The molecule has 5 heteroatoms. The summed E-state index contributed by atoms with van der Waals surface area (Å²) in [6.07, 6.45) is 0. The molecule has 21 heavy (non-hydrogen) atoms. The maximum atomic E-state index is 13.2. The van der Waals surface area contributed by atoms with E-state index in [2.05, 4.69) is 0 Å². The van der Waals surface area contributed by atoms with E-state index in [1.165, 1.54) is 30.0 Å². The fraction of sp³-hybridized carbons (Fsp3) is 0.188. The predicted octanol–water partition coefficient (Wildman–Crippen LogP) is 3.16. The van der Waals surface area contributed by atoms with Gasteiger partial charge in [0, 0.05) is 24.2 Å². The Morgan fingerprint density at radius 2 is 1.95 bits per heavy atom. The first-order valence-electron chi connectivity index (χ1n) is 6.52. The van der Waals surface area contributed by atoms with E-state index in [4.69, 9.17) is 5.73 Å². The van der Waals surface area contributed by atoms with E-state index in [9.17, 15) is 9.18 Å². The smallest absolute Gasteiger partial charge is 0.232 e. The van der Waals surface area contributed by atoms with Gasteiger partial charge in [-0.1, -0.05) is 30.3 Å². The third-order valence-corrected chi connectivity index (χ3v) is 4.07. The first kappa shape index (κ1) is 15.4. The Labute approximate surface area is 127 Å². The van der Waals surface area contributed by atoms with E-state index >= 15 is 0 Å². The number of hydrogen-bond donors (Lipinski definition) is 1. The summed E-state index contributed by atoms with van der Waals surface area (Å²) in [7, 11) is 1.75. The molecular formula is C16H17FN2OS. The first-order valence-corrected chi connectivity index (χ1v) is 7.50. The highest BCUT2D eigenvalue weighted by Gasteiger charge is 2.11. The minimum atomic E-state index is -0.350. The van der Waals surface area contributed by atoms with Crippen molar-refractivity contribution >= 4 is 23.4 Å². The van der Waals surface area contributed by atoms with Gasteiger partial charge in [-0.3, -0.25) is 4.79 Å². The summed E-state index contributed by atoms with van der Waals surface area (Å²) in [4.78, 5) is 14.3. The molecule has 0 bridgehead atoms. The van der Waals surface area contributed by atoms with E-state index in [1.807, 2.05) is 30.3 Å². The molecule has 0 aliphatic heterocycles. The minimum absolute atomic E-state index is 0.0208. The Balaban J connectivity index is 1.91. The molecule has 110 valence electrons. The molecule has 0 saturated heterocycles. The molecule has 2 rings (SSSR count). The normalized spacial score (nSPS) is 10.4. The molecule has 0 spiro atoms. The summed E-state index contributed by atoms with van der Waals surface area (Å²) in [6, 6.07) is 13.9. The van der Waals surface area contributed by atoms with Crippen LogP contribution in [-0.2, 0) is 11.3 Å². The predicted molar refractivity (Wildman–Crippen MR) is 84.5 cm³/mol. The van der Waals surface area contributed by atoms with Crippen LogP contribution in [0.15, 0.2) is 53.4 Å². The number of hydrogen-bond acceptors (Lipinski definition) is 3. The van der Waals surface area contributed by atoms with E-state index in [-0.39, 0.29) is 17.5 Å². The number of thioether (sulfide) groups is 1. The summed E-state index contributed by atoms with van der Waals surface area (Å²) in [5, 5.41) is 0. The van der Waals surface area contributed by atoms with Gasteiger partial charge in [0.15, 0.2) is 0 Å². The minimum Gasteiger partial charge on any atom is -0.398 e. The largest absolute Gasteiger partial charge is 0.398 e. The van der Waals surface area contributed by atoms with Crippen molar-refractivity contribution in [3.05, 3.63) is 59.9 Å². The van der Waals surface area contributed by atoms with Crippen LogP contribution in [0.25, 0.3) is 0 Å². The molecule has 0 aliphatic rings. The lowest BCUT2D eigenvalue weighted by atomic mass is 10.2. The number of benzene rings is 2. The molecule has 0 fully saturated rings. The van der Waals surface area contributed by atoms with Crippen LogP contribution < -0.4 is 5.73 Å². The molecule has 0 heterocycles. The maximum absolute atomic E-state index is 13.2. The third kappa shape index (κ3) is 4.49. The molecule has 0 atom stereocenters. The summed E-state index contributed by atoms with van der Waals surface area (Å²) < 4.78 is 13.2. The Morgan fingerprint density at radius 3 is 2.67 bits per heavy atom. The zero-order chi connectivity index (χ0) is 15.2. The van der Waals surface area contributed by atoms with E-state index in [1.54, 1.807) is 11.9 Å². The van der Waals surface area contributed by atoms with Crippen LogP contribution in [0.3, 0.4) is 0 Å². The second-order valence-corrected chi connectivity index (χ2v) is 5.72. The van der Waals surface area contributed by atoms with Crippen molar-refractivity contribution in [2.24, 2.45) is 0 Å². The number of nitrogens with two attached hydrogens (primary N) is 1. The van der Waals surface area contributed by atoms with E-state index < -0.39 is 0 Å². The van der Waals surface area contributed by atoms with Crippen molar-refractivity contribution in [2.45, 2.75) is 11.4 Å². The average molecular weight is 304 g/mol. The van der Waals surface area contributed by atoms with Crippen molar-refractivity contribution in [2.75, 3.05) is 18.5 Å². The second-order valence-electron chi connectivity index (χ2n) is 4.71. The summed E-state index contributed by atoms with van der Waals surface area (Å²) >= 11 is 1.25. The van der Waals surface area contributed by atoms with Gasteiger partial charge >= 0.3 is 0 Å². The summed E-state index contributed by atoms with van der Waals surface area (Å²) in [6.45, 7) is 0.554. The first-order chi connectivity index (χ1) is 10.1. The molecule has 0 aliphatic carbocycles. The number of nitrogen functional groups attached to an aromatic ring is 1. The monoisotopic (exact) mass is 304 g/mol. The van der Waals surface area contributed by atoms with Gasteiger partial charge in [0.2, 0.25) is 5.91 Å². The third-order valence-electron chi connectivity index (χ3n) is 3.02. The van der Waals surface area contributed by atoms with Gasteiger partial charge in [-0.05, 0) is 23.8 Å². The van der Waals surface area contributed by atoms with Crippen LogP contribution in [0.5, 0.6) is 0 Å². The molecule has 0 saturated carbocycles. The van der Waals surface area contributed by atoms with Gasteiger partial charge < -0.3 is 10.6 Å². The van der Waals surface area contributed by atoms with E-state index in [0.717, 1.165) is 5.56 Å². The van der Waals surface area contributed by atoms with Crippen molar-refractivity contribution in [1.82, 2.24) is 4.90 Å². The Hall–Kier alpha value is -2.01. The van der Waals surface area contributed by atoms with Crippen molar-refractivity contribution in [1.29, 1.82) is 0 Å². The molecule has 2 N–H and O–H groups in total. The number of rotatable bonds is 5. The summed E-state index contributed by atoms with van der Waals surface area (Å²) in [5.41, 5.74) is 7.32. The molecular weight excluding hydrogens is 287 g/mol. The number of halogens is 1. The lowest BCUT2D eigenvalue weighted by molar-refractivity contribution is -0.127. The SMILES string of the molecule is CN(Cc1ccccc1)C(=O)CSc1cc(F)ccc1N. The lowest BCUT2D eigenvalue weighted by Gasteiger charge is -2.17. The number of anilines is 1. The van der Waals surface area contributed by atoms with Crippen LogP contribution in [0, 0.1) is 5.82 Å². The highest BCUT2D eigenvalue weighted by molar-refractivity contribution is 8.00. The second kappa shape index (κ2) is 7.13. The Kier molecular flexibility index (Phi) is 5.22. The number of nitrogens with zero attached hydrogens (tertiary/aromatic N) is 1. The lowest BCUT2D eigenvalue weighted by Crippen LogP contribution is -2.27.